The van der Waals surface area contributed by atoms with Crippen molar-refractivity contribution in [3.8, 4) is 11.3 Å². The molecule has 2 aromatic heterocycles. The first kappa shape index (κ1) is 16.6. The zero-order valence-electron chi connectivity index (χ0n) is 15.2. The van der Waals surface area contributed by atoms with Crippen LogP contribution in [-0.2, 0) is 7.05 Å². The highest BCUT2D eigenvalue weighted by Crippen LogP contribution is 2.28. The van der Waals surface area contributed by atoms with Gasteiger partial charge in [-0.05, 0) is 44.0 Å². The van der Waals surface area contributed by atoms with Gasteiger partial charge in [0.1, 0.15) is 17.3 Å². The molecule has 4 rings (SSSR count). The molecular weight excluding hydrogens is 326 g/mol. The second-order valence-corrected chi connectivity index (χ2v) is 6.95. The van der Waals surface area contributed by atoms with Gasteiger partial charge >= 0.3 is 0 Å². The fourth-order valence-electron chi connectivity index (χ4n) is 3.66. The first-order valence-electron chi connectivity index (χ1n) is 9.05. The van der Waals surface area contributed by atoms with E-state index < -0.39 is 0 Å². The molecule has 0 atom stereocenters. The van der Waals surface area contributed by atoms with Gasteiger partial charge in [0.25, 0.3) is 5.91 Å². The Kier molecular flexibility index (Phi) is 4.37. The molecule has 0 N–H and O–H groups in total. The van der Waals surface area contributed by atoms with Crippen LogP contribution in [0.15, 0.2) is 53.2 Å². The molecule has 134 valence electrons. The highest BCUT2D eigenvalue weighted by molar-refractivity contribution is 5.94. The topological polar surface area (TPSA) is 51.3 Å². The number of furan rings is 1. The molecule has 0 bridgehead atoms. The summed E-state index contributed by atoms with van der Waals surface area (Å²) >= 11 is 0. The minimum atomic E-state index is 0.102. The SMILES string of the molecule is Cc1ccc(-c2ccc(C(=O)N3CCC(c4nccn4C)CC3)cc2)o1. The van der Waals surface area contributed by atoms with Gasteiger partial charge in [0.2, 0.25) is 0 Å². The van der Waals surface area contributed by atoms with Gasteiger partial charge in [-0.1, -0.05) is 12.1 Å². The number of likely N-dealkylation sites (tertiary alicyclic amines) is 1. The number of aromatic nitrogens is 2. The Hall–Kier alpha value is -2.82. The fraction of sp³-hybridized carbons (Fsp3) is 0.333. The van der Waals surface area contributed by atoms with Crippen LogP contribution >= 0.6 is 0 Å². The summed E-state index contributed by atoms with van der Waals surface area (Å²) in [6, 6.07) is 11.6. The minimum absolute atomic E-state index is 0.102. The molecule has 1 aliphatic heterocycles. The van der Waals surface area contributed by atoms with E-state index in [9.17, 15) is 4.79 Å². The lowest BCUT2D eigenvalue weighted by molar-refractivity contribution is 0.0710. The van der Waals surface area contributed by atoms with Crippen LogP contribution < -0.4 is 0 Å². The number of hydrogen-bond donors (Lipinski definition) is 0. The Labute approximate surface area is 153 Å². The van der Waals surface area contributed by atoms with Crippen molar-refractivity contribution < 1.29 is 9.21 Å². The first-order chi connectivity index (χ1) is 12.6. The number of rotatable bonds is 3. The van der Waals surface area contributed by atoms with Gasteiger partial charge in [0.15, 0.2) is 0 Å². The minimum Gasteiger partial charge on any atom is -0.461 e. The average molecular weight is 349 g/mol. The van der Waals surface area contributed by atoms with Gasteiger partial charge < -0.3 is 13.9 Å². The maximum Gasteiger partial charge on any atom is 0.253 e. The summed E-state index contributed by atoms with van der Waals surface area (Å²) in [6.07, 6.45) is 5.74. The van der Waals surface area contributed by atoms with Crippen LogP contribution in [0.25, 0.3) is 11.3 Å². The number of amides is 1. The molecule has 0 radical (unpaired) electrons. The van der Waals surface area contributed by atoms with Crippen molar-refractivity contribution in [2.75, 3.05) is 13.1 Å². The third kappa shape index (κ3) is 3.17. The maximum atomic E-state index is 12.8. The summed E-state index contributed by atoms with van der Waals surface area (Å²) in [7, 11) is 2.03. The molecule has 1 saturated heterocycles. The Balaban J connectivity index is 1.41. The Morgan fingerprint density at radius 3 is 2.42 bits per heavy atom. The number of nitrogens with zero attached hydrogens (tertiary/aromatic N) is 3. The van der Waals surface area contributed by atoms with E-state index in [0.717, 1.165) is 54.4 Å². The summed E-state index contributed by atoms with van der Waals surface area (Å²) < 4.78 is 7.72. The van der Waals surface area contributed by atoms with Gasteiger partial charge in [-0.15, -0.1) is 0 Å². The van der Waals surface area contributed by atoms with E-state index in [1.165, 1.54) is 0 Å². The summed E-state index contributed by atoms with van der Waals surface area (Å²) in [5, 5.41) is 0. The van der Waals surface area contributed by atoms with Crippen molar-refractivity contribution >= 4 is 5.91 Å². The van der Waals surface area contributed by atoms with Crippen LogP contribution in [0.1, 0.15) is 40.7 Å². The van der Waals surface area contributed by atoms with Crippen molar-refractivity contribution in [1.82, 2.24) is 14.5 Å². The lowest BCUT2D eigenvalue weighted by Gasteiger charge is -2.31. The standard InChI is InChI=1S/C21H23N3O2/c1-15-3-8-19(26-15)16-4-6-18(7-5-16)21(25)24-12-9-17(10-13-24)20-22-11-14-23(20)2/h3-8,11,14,17H,9-10,12-13H2,1-2H3. The quantitative estimate of drug-likeness (QED) is 0.718. The molecule has 5 nitrogen and oxygen atoms in total. The summed E-state index contributed by atoms with van der Waals surface area (Å²) in [4.78, 5) is 19.2. The van der Waals surface area contributed by atoms with Crippen LogP contribution in [0.5, 0.6) is 0 Å². The molecule has 5 heteroatoms. The smallest absolute Gasteiger partial charge is 0.253 e. The van der Waals surface area contributed by atoms with Gasteiger partial charge in [-0.2, -0.15) is 0 Å². The highest BCUT2D eigenvalue weighted by atomic mass is 16.3. The van der Waals surface area contributed by atoms with Crippen LogP contribution in [0, 0.1) is 6.92 Å². The summed E-state index contributed by atoms with van der Waals surface area (Å²) in [5.74, 6) is 3.37. The number of aryl methyl sites for hydroxylation is 2. The zero-order chi connectivity index (χ0) is 18.1. The molecule has 3 heterocycles. The third-order valence-electron chi connectivity index (χ3n) is 5.16. The van der Waals surface area contributed by atoms with E-state index in [1.54, 1.807) is 0 Å². The number of hydrogen-bond acceptors (Lipinski definition) is 3. The molecule has 1 aromatic carbocycles. The highest BCUT2D eigenvalue weighted by Gasteiger charge is 2.26. The number of carbonyl (C=O) groups excluding carboxylic acids is 1. The monoisotopic (exact) mass is 349 g/mol. The number of piperidine rings is 1. The second-order valence-electron chi connectivity index (χ2n) is 6.95. The van der Waals surface area contributed by atoms with E-state index in [2.05, 4.69) is 9.55 Å². The van der Waals surface area contributed by atoms with Crippen LogP contribution in [-0.4, -0.2) is 33.4 Å². The Bertz CT molecular complexity index is 899. The van der Waals surface area contributed by atoms with Gasteiger partial charge in [0.05, 0.1) is 0 Å². The zero-order valence-corrected chi connectivity index (χ0v) is 15.2. The fourth-order valence-corrected chi connectivity index (χ4v) is 3.66. The molecule has 3 aromatic rings. The van der Waals surface area contributed by atoms with Crippen molar-refractivity contribution in [3.05, 3.63) is 65.9 Å². The third-order valence-corrected chi connectivity index (χ3v) is 5.16. The van der Waals surface area contributed by atoms with Crippen molar-refractivity contribution in [1.29, 1.82) is 0 Å². The van der Waals surface area contributed by atoms with Crippen LogP contribution in [0.2, 0.25) is 0 Å². The number of benzene rings is 1. The summed E-state index contributed by atoms with van der Waals surface area (Å²) in [6.45, 7) is 3.47. The Morgan fingerprint density at radius 2 is 1.85 bits per heavy atom. The van der Waals surface area contributed by atoms with E-state index in [0.29, 0.717) is 5.92 Å². The van der Waals surface area contributed by atoms with Crippen LogP contribution in [0.3, 0.4) is 0 Å². The lowest BCUT2D eigenvalue weighted by Crippen LogP contribution is -2.38. The largest absolute Gasteiger partial charge is 0.461 e. The molecule has 1 amide bonds. The number of carbonyl (C=O) groups is 1. The lowest BCUT2D eigenvalue weighted by atomic mass is 9.95. The normalized spacial score (nSPS) is 15.4. The first-order valence-corrected chi connectivity index (χ1v) is 9.05. The van der Waals surface area contributed by atoms with E-state index in [-0.39, 0.29) is 5.91 Å². The second kappa shape index (κ2) is 6.83. The molecule has 0 unspecified atom stereocenters. The molecule has 1 aliphatic rings. The summed E-state index contributed by atoms with van der Waals surface area (Å²) in [5.41, 5.74) is 1.72. The molecule has 0 aliphatic carbocycles. The maximum absolute atomic E-state index is 12.8. The Morgan fingerprint density at radius 1 is 1.12 bits per heavy atom. The molecular formula is C21H23N3O2. The molecule has 0 saturated carbocycles. The van der Waals surface area contributed by atoms with Gasteiger partial charge in [0, 0.05) is 49.6 Å². The van der Waals surface area contributed by atoms with E-state index in [4.69, 9.17) is 4.42 Å². The molecule has 0 spiro atoms. The molecule has 26 heavy (non-hydrogen) atoms. The predicted molar refractivity (Wildman–Crippen MR) is 100.0 cm³/mol. The van der Waals surface area contributed by atoms with Crippen molar-refractivity contribution in [3.63, 3.8) is 0 Å². The van der Waals surface area contributed by atoms with Crippen molar-refractivity contribution in [2.45, 2.75) is 25.7 Å². The molecule has 1 fully saturated rings. The van der Waals surface area contributed by atoms with Gasteiger partial charge in [-0.25, -0.2) is 4.98 Å². The van der Waals surface area contributed by atoms with Crippen molar-refractivity contribution in [2.24, 2.45) is 7.05 Å². The van der Waals surface area contributed by atoms with Gasteiger partial charge in [-0.3, -0.25) is 4.79 Å². The van der Waals surface area contributed by atoms with E-state index in [1.807, 2.05) is 67.7 Å². The van der Waals surface area contributed by atoms with Crippen LogP contribution in [0.4, 0.5) is 0 Å². The average Bonchev–Trinajstić information content (AvgIpc) is 3.30. The van der Waals surface area contributed by atoms with E-state index >= 15 is 0 Å². The predicted octanol–water partition coefficient (Wildman–Crippen LogP) is 4.01. The number of imidazole rings is 1.